The van der Waals surface area contributed by atoms with E-state index in [9.17, 15) is 18.0 Å². The van der Waals surface area contributed by atoms with Crippen LogP contribution in [-0.4, -0.2) is 38.6 Å². The Hall–Kier alpha value is -3.17. The Kier molecular flexibility index (Phi) is 5.55. The summed E-state index contributed by atoms with van der Waals surface area (Å²) in [4.78, 5) is 22.5. The molecule has 164 valence electrons. The number of carbonyl (C=O) groups excluding carboxylic acids is 1. The predicted octanol–water partition coefficient (Wildman–Crippen LogP) is 3.93. The number of carbonyl (C=O) groups is 1. The molecule has 1 N–H and O–H groups in total. The maximum Gasteiger partial charge on any atom is 0.453 e. The summed E-state index contributed by atoms with van der Waals surface area (Å²) in [5.41, 5.74) is 3.50. The minimum Gasteiger partial charge on any atom is -0.370 e. The highest BCUT2D eigenvalue weighted by Gasteiger charge is 2.37. The van der Waals surface area contributed by atoms with E-state index in [4.69, 9.17) is 0 Å². The van der Waals surface area contributed by atoms with Gasteiger partial charge in [0.1, 0.15) is 0 Å². The summed E-state index contributed by atoms with van der Waals surface area (Å²) < 4.78 is 39.9. The van der Waals surface area contributed by atoms with Gasteiger partial charge in [-0.05, 0) is 50.8 Å². The van der Waals surface area contributed by atoms with Gasteiger partial charge < -0.3 is 10.2 Å². The van der Waals surface area contributed by atoms with Crippen LogP contribution in [0.15, 0.2) is 24.3 Å². The Bertz CT molecular complexity index is 1120. The number of hydrogen-bond donors (Lipinski definition) is 1. The smallest absolute Gasteiger partial charge is 0.370 e. The van der Waals surface area contributed by atoms with Crippen LogP contribution in [0.25, 0.3) is 5.78 Å². The number of fused-ring (bicyclic) bond motifs is 1. The molecule has 1 fully saturated rings. The van der Waals surface area contributed by atoms with Crippen molar-refractivity contribution < 1.29 is 18.0 Å². The highest BCUT2D eigenvalue weighted by Crippen LogP contribution is 2.29. The molecule has 2 aromatic heterocycles. The summed E-state index contributed by atoms with van der Waals surface area (Å²) in [6, 6.07) is 7.70. The molecule has 0 atom stereocenters. The van der Waals surface area contributed by atoms with E-state index in [1.807, 2.05) is 24.3 Å². The summed E-state index contributed by atoms with van der Waals surface area (Å²) in [6.07, 6.45) is -1.87. The largest absolute Gasteiger partial charge is 0.453 e. The Morgan fingerprint density at radius 2 is 1.84 bits per heavy atom. The molecule has 1 amide bonds. The van der Waals surface area contributed by atoms with Crippen LogP contribution in [0, 0.1) is 13.8 Å². The van der Waals surface area contributed by atoms with Crippen molar-refractivity contribution in [2.45, 2.75) is 45.7 Å². The van der Waals surface area contributed by atoms with E-state index >= 15 is 0 Å². The zero-order valence-electron chi connectivity index (χ0n) is 17.3. The topological polar surface area (TPSA) is 75.4 Å². The van der Waals surface area contributed by atoms with Gasteiger partial charge in [0.05, 0.1) is 11.4 Å². The first-order chi connectivity index (χ1) is 14.7. The lowest BCUT2D eigenvalue weighted by molar-refractivity contribution is -0.144. The van der Waals surface area contributed by atoms with Gasteiger partial charge in [0.15, 0.2) is 0 Å². The molecule has 1 aromatic carbocycles. The van der Waals surface area contributed by atoms with Gasteiger partial charge >= 0.3 is 6.18 Å². The molecule has 0 unspecified atom stereocenters. The molecule has 1 aliphatic rings. The zero-order valence-corrected chi connectivity index (χ0v) is 17.3. The van der Waals surface area contributed by atoms with Crippen LogP contribution in [0.1, 0.15) is 42.0 Å². The monoisotopic (exact) mass is 432 g/mol. The van der Waals surface area contributed by atoms with Crippen molar-refractivity contribution in [3.8, 4) is 0 Å². The lowest BCUT2D eigenvalue weighted by Crippen LogP contribution is -2.21. The Morgan fingerprint density at radius 3 is 2.55 bits per heavy atom. The number of nitrogens with one attached hydrogen (secondary N) is 1. The van der Waals surface area contributed by atoms with Crippen molar-refractivity contribution >= 4 is 23.1 Å². The molecular weight excluding hydrogens is 409 g/mol. The second-order valence-corrected chi connectivity index (χ2v) is 7.67. The maximum absolute atomic E-state index is 12.9. The molecule has 31 heavy (non-hydrogen) atoms. The number of aryl methyl sites for hydroxylation is 2. The van der Waals surface area contributed by atoms with Gasteiger partial charge in [-0.3, -0.25) is 4.79 Å². The van der Waals surface area contributed by atoms with Crippen molar-refractivity contribution in [1.82, 2.24) is 19.6 Å². The summed E-state index contributed by atoms with van der Waals surface area (Å²) in [7, 11) is 0. The maximum atomic E-state index is 12.9. The molecule has 3 heterocycles. The van der Waals surface area contributed by atoms with Gasteiger partial charge in [-0.1, -0.05) is 12.1 Å². The fraction of sp³-hybridized carbons (Fsp3) is 0.429. The van der Waals surface area contributed by atoms with E-state index < -0.39 is 12.0 Å². The van der Waals surface area contributed by atoms with Crippen LogP contribution >= 0.6 is 0 Å². The summed E-state index contributed by atoms with van der Waals surface area (Å²) >= 11 is 0. The summed E-state index contributed by atoms with van der Waals surface area (Å²) in [5, 5.41) is 6.52. The molecule has 0 bridgehead atoms. The van der Waals surface area contributed by atoms with Gasteiger partial charge in [0.2, 0.25) is 5.91 Å². The van der Waals surface area contributed by atoms with Gasteiger partial charge in [-0.2, -0.15) is 18.2 Å². The van der Waals surface area contributed by atoms with Gasteiger partial charge in [-0.15, -0.1) is 5.10 Å². The number of halogens is 3. The van der Waals surface area contributed by atoms with Crippen molar-refractivity contribution in [2.24, 2.45) is 0 Å². The molecule has 4 rings (SSSR count). The first-order valence-corrected chi connectivity index (χ1v) is 10.2. The van der Waals surface area contributed by atoms with E-state index in [2.05, 4.69) is 25.3 Å². The van der Waals surface area contributed by atoms with Crippen LogP contribution < -0.4 is 10.2 Å². The highest BCUT2D eigenvalue weighted by atomic mass is 19.4. The average Bonchev–Trinajstić information content (AvgIpc) is 3.38. The normalized spacial score (nSPS) is 14.4. The SMILES string of the molecule is Cc1nc2nc(C(F)(F)F)nn2c(C)c1CCC(=O)Nc1ccccc1N1CCCC1. The minimum atomic E-state index is -4.64. The quantitative estimate of drug-likeness (QED) is 0.661. The standard InChI is InChI=1S/C21H23F3N6O/c1-13-15(14(2)30-20(25-13)27-19(28-30)21(22,23)24)9-10-18(31)26-16-7-3-4-8-17(16)29-11-5-6-12-29/h3-4,7-8H,5-6,9-12H2,1-2H3,(H,26,31). The van der Waals surface area contributed by atoms with Crippen LogP contribution in [-0.2, 0) is 17.4 Å². The second kappa shape index (κ2) is 8.16. The molecule has 3 aromatic rings. The zero-order chi connectivity index (χ0) is 22.2. The summed E-state index contributed by atoms with van der Waals surface area (Å²) in [6.45, 7) is 5.29. The lowest BCUT2D eigenvalue weighted by atomic mass is 10.1. The van der Waals surface area contributed by atoms with Gasteiger partial charge in [0, 0.05) is 30.9 Å². The third kappa shape index (κ3) is 4.33. The average molecular weight is 432 g/mol. The van der Waals surface area contributed by atoms with Gasteiger partial charge in [-0.25, -0.2) is 9.50 Å². The first kappa shape index (κ1) is 21.1. The molecule has 1 saturated heterocycles. The van der Waals surface area contributed by atoms with Crippen molar-refractivity contribution in [3.63, 3.8) is 0 Å². The Balaban J connectivity index is 1.50. The number of hydrogen-bond acceptors (Lipinski definition) is 5. The van der Waals surface area contributed by atoms with Crippen molar-refractivity contribution in [1.29, 1.82) is 0 Å². The predicted molar refractivity (Wildman–Crippen MR) is 110 cm³/mol. The molecule has 0 spiro atoms. The number of benzene rings is 1. The molecule has 0 aliphatic carbocycles. The van der Waals surface area contributed by atoms with Crippen molar-refractivity contribution in [3.05, 3.63) is 47.0 Å². The number of aromatic nitrogens is 4. The molecule has 10 heteroatoms. The van der Waals surface area contributed by atoms with Crippen molar-refractivity contribution in [2.75, 3.05) is 23.3 Å². The van der Waals surface area contributed by atoms with Crippen LogP contribution in [0.4, 0.5) is 24.5 Å². The Labute approximate surface area is 177 Å². The third-order valence-electron chi connectivity index (χ3n) is 5.53. The van der Waals surface area contributed by atoms with Crippen LogP contribution in [0.5, 0.6) is 0 Å². The van der Waals surface area contributed by atoms with E-state index in [1.165, 1.54) is 0 Å². The molecule has 0 radical (unpaired) electrons. The molecule has 7 nitrogen and oxygen atoms in total. The number of anilines is 2. The van der Waals surface area contributed by atoms with Crippen LogP contribution in [0.3, 0.4) is 0 Å². The fourth-order valence-electron chi connectivity index (χ4n) is 3.95. The lowest BCUT2D eigenvalue weighted by Gasteiger charge is -2.21. The number of rotatable bonds is 5. The minimum absolute atomic E-state index is 0.102. The second-order valence-electron chi connectivity index (χ2n) is 7.67. The van der Waals surface area contributed by atoms with E-state index in [-0.39, 0.29) is 18.1 Å². The number of para-hydroxylation sites is 2. The summed E-state index contributed by atoms with van der Waals surface area (Å²) in [5.74, 6) is -1.49. The Morgan fingerprint density at radius 1 is 1.13 bits per heavy atom. The van der Waals surface area contributed by atoms with Gasteiger partial charge in [0.25, 0.3) is 11.6 Å². The van der Waals surface area contributed by atoms with E-state index in [0.29, 0.717) is 23.4 Å². The number of alkyl halides is 3. The number of amides is 1. The fourth-order valence-corrected chi connectivity index (χ4v) is 3.95. The van der Waals surface area contributed by atoms with E-state index in [1.54, 1.807) is 13.8 Å². The number of nitrogens with zero attached hydrogens (tertiary/aromatic N) is 5. The molecular formula is C21H23F3N6O. The third-order valence-corrected chi connectivity index (χ3v) is 5.53. The molecule has 0 saturated carbocycles. The highest BCUT2D eigenvalue weighted by molar-refractivity contribution is 5.94. The first-order valence-electron chi connectivity index (χ1n) is 10.2. The van der Waals surface area contributed by atoms with E-state index in [0.717, 1.165) is 41.8 Å². The van der Waals surface area contributed by atoms with Crippen LogP contribution in [0.2, 0.25) is 0 Å². The molecule has 1 aliphatic heterocycles.